The summed E-state index contributed by atoms with van der Waals surface area (Å²) >= 11 is 1.74. The lowest BCUT2D eigenvalue weighted by Gasteiger charge is -2.07. The number of aliphatic imine (C=N–C) groups is 2. The van der Waals surface area contributed by atoms with Gasteiger partial charge in [0.15, 0.2) is 0 Å². The third-order valence-electron chi connectivity index (χ3n) is 7.34. The molecule has 0 saturated heterocycles. The van der Waals surface area contributed by atoms with E-state index in [0.717, 1.165) is 32.6 Å². The Labute approximate surface area is 231 Å². The van der Waals surface area contributed by atoms with Crippen LogP contribution < -0.4 is 0 Å². The van der Waals surface area contributed by atoms with E-state index < -0.39 is 0 Å². The third kappa shape index (κ3) is 4.41. The quantitative estimate of drug-likeness (QED) is 0.163. The van der Waals surface area contributed by atoms with Crippen molar-refractivity contribution >= 4 is 77.2 Å². The molecule has 0 aliphatic carbocycles. The monoisotopic (exact) mass is 518 g/mol. The summed E-state index contributed by atoms with van der Waals surface area (Å²) in [6.45, 7) is 4.19. The van der Waals surface area contributed by atoms with Crippen molar-refractivity contribution in [1.82, 2.24) is 0 Å². The smallest absolute Gasteiger partial charge is 0.0712 e. The highest BCUT2D eigenvalue weighted by Gasteiger charge is 2.09. The van der Waals surface area contributed by atoms with Crippen LogP contribution in [0.5, 0.6) is 0 Å². The Morgan fingerprint density at radius 1 is 0.436 bits per heavy atom. The molecule has 1 aromatic heterocycles. The van der Waals surface area contributed by atoms with Crippen LogP contribution in [0.1, 0.15) is 23.6 Å². The van der Waals surface area contributed by atoms with Gasteiger partial charge >= 0.3 is 0 Å². The predicted octanol–water partition coefficient (Wildman–Crippen LogP) is 10.6. The van der Waals surface area contributed by atoms with Crippen molar-refractivity contribution in [1.29, 1.82) is 0 Å². The van der Waals surface area contributed by atoms with Crippen LogP contribution in [0.4, 0.5) is 11.4 Å². The zero-order valence-electron chi connectivity index (χ0n) is 21.8. The molecular weight excluding hydrogens is 492 g/mol. The summed E-state index contributed by atoms with van der Waals surface area (Å²) in [7, 11) is 0. The van der Waals surface area contributed by atoms with Crippen molar-refractivity contribution in [2.45, 2.75) is 13.8 Å². The standard InChI is InChI=1S/C36H26N2S/c1-23(37-33-15-7-13-29-19-25-9-3-5-11-27(25)21-31(29)33)35-17-18-36(39-35)24(2)38-34-16-8-14-30-20-26-10-4-6-12-28(26)22-32(30)34/h3-22H,1-2H3. The van der Waals surface area contributed by atoms with Crippen LogP contribution in [0.2, 0.25) is 0 Å². The van der Waals surface area contributed by atoms with E-state index in [1.807, 2.05) is 0 Å². The summed E-state index contributed by atoms with van der Waals surface area (Å²) in [5.41, 5.74) is 4.02. The van der Waals surface area contributed by atoms with E-state index in [1.165, 1.54) is 43.1 Å². The van der Waals surface area contributed by atoms with Gasteiger partial charge in [0.25, 0.3) is 0 Å². The first kappa shape index (κ1) is 23.5. The molecule has 6 aromatic carbocycles. The summed E-state index contributed by atoms with van der Waals surface area (Å²) in [4.78, 5) is 12.5. The van der Waals surface area contributed by atoms with Crippen LogP contribution >= 0.6 is 11.3 Å². The predicted molar refractivity (Wildman–Crippen MR) is 171 cm³/mol. The Kier molecular flexibility index (Phi) is 5.79. The van der Waals surface area contributed by atoms with E-state index in [9.17, 15) is 0 Å². The van der Waals surface area contributed by atoms with Gasteiger partial charge in [-0.3, -0.25) is 9.98 Å². The SMILES string of the molecule is CC(=Nc1cccc2cc3ccccc3cc12)c1ccc(C(C)=Nc2cccc3cc4ccccc4cc23)s1. The van der Waals surface area contributed by atoms with Gasteiger partial charge in [-0.1, -0.05) is 72.8 Å². The van der Waals surface area contributed by atoms with E-state index in [1.54, 1.807) is 11.3 Å². The van der Waals surface area contributed by atoms with Crippen molar-refractivity contribution in [2.24, 2.45) is 9.98 Å². The van der Waals surface area contributed by atoms with Gasteiger partial charge in [-0.25, -0.2) is 0 Å². The highest BCUT2D eigenvalue weighted by molar-refractivity contribution is 7.16. The molecule has 1 heterocycles. The maximum atomic E-state index is 5.08. The summed E-state index contributed by atoms with van der Waals surface area (Å²) in [6.07, 6.45) is 0. The van der Waals surface area contributed by atoms with E-state index in [4.69, 9.17) is 9.98 Å². The van der Waals surface area contributed by atoms with Gasteiger partial charge in [-0.05, 0) is 94.7 Å². The molecule has 0 saturated carbocycles. The molecule has 0 amide bonds. The van der Waals surface area contributed by atoms with Crippen molar-refractivity contribution < 1.29 is 0 Å². The maximum Gasteiger partial charge on any atom is 0.0712 e. The number of hydrogen-bond donors (Lipinski definition) is 0. The van der Waals surface area contributed by atoms with Gasteiger partial charge in [-0.15, -0.1) is 11.3 Å². The second-order valence-corrected chi connectivity index (χ2v) is 11.0. The zero-order chi connectivity index (χ0) is 26.3. The lowest BCUT2D eigenvalue weighted by atomic mass is 10.0. The van der Waals surface area contributed by atoms with Gasteiger partial charge < -0.3 is 0 Å². The number of thiophene rings is 1. The van der Waals surface area contributed by atoms with Gasteiger partial charge in [0.05, 0.1) is 22.8 Å². The minimum atomic E-state index is 0.999. The Morgan fingerprint density at radius 2 is 0.821 bits per heavy atom. The first-order valence-corrected chi connectivity index (χ1v) is 14.0. The Hall–Kier alpha value is -4.60. The second-order valence-electron chi connectivity index (χ2n) is 9.95. The molecular formula is C36H26N2S. The molecule has 0 atom stereocenters. The maximum absolute atomic E-state index is 5.08. The summed E-state index contributed by atoms with van der Waals surface area (Å²) < 4.78 is 0. The molecule has 2 nitrogen and oxygen atoms in total. The molecule has 186 valence electrons. The van der Waals surface area contributed by atoms with E-state index >= 15 is 0 Å². The number of hydrogen-bond acceptors (Lipinski definition) is 3. The molecule has 7 aromatic rings. The molecule has 39 heavy (non-hydrogen) atoms. The van der Waals surface area contributed by atoms with Crippen LogP contribution in [0.15, 0.2) is 131 Å². The molecule has 0 radical (unpaired) electrons. The van der Waals surface area contributed by atoms with Gasteiger partial charge in [0.2, 0.25) is 0 Å². The second kappa shape index (κ2) is 9.61. The minimum Gasteiger partial charge on any atom is -0.252 e. The van der Waals surface area contributed by atoms with Crippen molar-refractivity contribution in [2.75, 3.05) is 0 Å². The van der Waals surface area contributed by atoms with E-state index in [2.05, 4.69) is 135 Å². The number of fused-ring (bicyclic) bond motifs is 4. The van der Waals surface area contributed by atoms with Crippen LogP contribution in [-0.4, -0.2) is 11.4 Å². The molecule has 3 heteroatoms. The van der Waals surface area contributed by atoms with Crippen LogP contribution in [0, 0.1) is 0 Å². The fraction of sp³-hybridized carbons (Fsp3) is 0.0556. The molecule has 0 aliphatic rings. The molecule has 0 spiro atoms. The van der Waals surface area contributed by atoms with E-state index in [0.29, 0.717) is 0 Å². The molecule has 0 bridgehead atoms. The first-order valence-electron chi connectivity index (χ1n) is 13.2. The normalized spacial score (nSPS) is 12.7. The molecule has 7 rings (SSSR count). The van der Waals surface area contributed by atoms with Gasteiger partial charge in [-0.2, -0.15) is 0 Å². The lowest BCUT2D eigenvalue weighted by Crippen LogP contribution is -1.91. The molecule has 0 aliphatic heterocycles. The third-order valence-corrected chi connectivity index (χ3v) is 8.65. The molecule has 0 fully saturated rings. The molecule has 0 unspecified atom stereocenters. The number of rotatable bonds is 4. The van der Waals surface area contributed by atoms with Crippen LogP contribution in [0.3, 0.4) is 0 Å². The first-order chi connectivity index (χ1) is 19.1. The number of nitrogens with zero attached hydrogens (tertiary/aromatic N) is 2. The summed E-state index contributed by atoms with van der Waals surface area (Å²) in [5.74, 6) is 0. The Bertz CT molecular complexity index is 1950. The average Bonchev–Trinajstić information content (AvgIpc) is 3.47. The molecule has 0 N–H and O–H groups in total. The average molecular weight is 519 g/mol. The van der Waals surface area contributed by atoms with Gasteiger partial charge in [0, 0.05) is 20.5 Å². The zero-order valence-corrected chi connectivity index (χ0v) is 22.7. The Balaban J connectivity index is 1.24. The summed E-state index contributed by atoms with van der Waals surface area (Å²) in [6, 6.07) is 43.0. The van der Waals surface area contributed by atoms with Crippen LogP contribution in [-0.2, 0) is 0 Å². The van der Waals surface area contributed by atoms with Crippen molar-refractivity contribution in [3.8, 4) is 0 Å². The highest BCUT2D eigenvalue weighted by atomic mass is 32.1. The fourth-order valence-electron chi connectivity index (χ4n) is 5.29. The summed E-state index contributed by atoms with van der Waals surface area (Å²) in [5, 5.41) is 9.73. The van der Waals surface area contributed by atoms with Crippen LogP contribution in [0.25, 0.3) is 43.1 Å². The van der Waals surface area contributed by atoms with E-state index in [-0.39, 0.29) is 0 Å². The number of benzene rings is 6. The minimum absolute atomic E-state index is 0.999. The largest absolute Gasteiger partial charge is 0.252 e. The van der Waals surface area contributed by atoms with Gasteiger partial charge in [0.1, 0.15) is 0 Å². The topological polar surface area (TPSA) is 24.7 Å². The highest BCUT2D eigenvalue weighted by Crippen LogP contribution is 2.33. The Morgan fingerprint density at radius 3 is 1.26 bits per heavy atom. The lowest BCUT2D eigenvalue weighted by molar-refractivity contribution is 1.53. The fourth-order valence-corrected chi connectivity index (χ4v) is 6.19. The van der Waals surface area contributed by atoms with Crippen molar-refractivity contribution in [3.63, 3.8) is 0 Å². The van der Waals surface area contributed by atoms with Crippen molar-refractivity contribution in [3.05, 3.63) is 131 Å².